The zero-order valence-corrected chi connectivity index (χ0v) is 30.3. The Hall–Kier alpha value is -7.56. The first-order valence-electron chi connectivity index (χ1n) is 18.9. The van der Waals surface area contributed by atoms with Crippen molar-refractivity contribution in [1.82, 2.24) is 14.5 Å². The molecular weight excluding hydrogens is 683 g/mol. The summed E-state index contributed by atoms with van der Waals surface area (Å²) in [6, 6.07) is 70.0. The first-order valence-corrected chi connectivity index (χ1v) is 18.9. The summed E-state index contributed by atoms with van der Waals surface area (Å²) in [5, 5.41) is 4.46. The van der Waals surface area contributed by atoms with Gasteiger partial charge in [-0.1, -0.05) is 176 Å². The molecule has 0 radical (unpaired) electrons. The fraction of sp³-hybridized carbons (Fsp3) is 0. The van der Waals surface area contributed by atoms with Crippen molar-refractivity contribution < 1.29 is 4.42 Å². The number of hydrogen-bond donors (Lipinski definition) is 0. The van der Waals surface area contributed by atoms with Gasteiger partial charge in [0.2, 0.25) is 0 Å². The summed E-state index contributed by atoms with van der Waals surface area (Å²) in [5.41, 5.74) is 13.9. The number of furan rings is 1. The predicted octanol–water partition coefficient (Wildman–Crippen LogP) is 13.8. The van der Waals surface area contributed by atoms with Crippen LogP contribution in [0.4, 0.5) is 0 Å². The molecule has 0 amide bonds. The lowest BCUT2D eigenvalue weighted by atomic mass is 9.91. The number of benzene rings is 8. The van der Waals surface area contributed by atoms with Gasteiger partial charge in [0, 0.05) is 43.8 Å². The summed E-state index contributed by atoms with van der Waals surface area (Å²) in [6.45, 7) is 0. The molecule has 3 aromatic heterocycles. The third kappa shape index (κ3) is 5.15. The molecule has 8 aromatic carbocycles. The van der Waals surface area contributed by atoms with Crippen molar-refractivity contribution in [2.75, 3.05) is 0 Å². The molecule has 56 heavy (non-hydrogen) atoms. The molecule has 0 fully saturated rings. The van der Waals surface area contributed by atoms with Crippen molar-refractivity contribution in [1.29, 1.82) is 0 Å². The van der Waals surface area contributed by atoms with Crippen LogP contribution in [0, 0.1) is 0 Å². The Labute approximate surface area is 323 Å². The molecule has 0 aliphatic carbocycles. The molecule has 262 valence electrons. The van der Waals surface area contributed by atoms with Crippen molar-refractivity contribution in [2.45, 2.75) is 0 Å². The Morgan fingerprint density at radius 3 is 1.62 bits per heavy atom. The Kier molecular flexibility index (Phi) is 7.46. The predicted molar refractivity (Wildman–Crippen MR) is 231 cm³/mol. The van der Waals surface area contributed by atoms with Crippen LogP contribution in [0.25, 0.3) is 106 Å². The van der Waals surface area contributed by atoms with Crippen molar-refractivity contribution in [3.63, 3.8) is 0 Å². The van der Waals surface area contributed by atoms with Gasteiger partial charge in [-0.2, -0.15) is 0 Å². The summed E-state index contributed by atoms with van der Waals surface area (Å²) >= 11 is 0. The highest BCUT2D eigenvalue weighted by molar-refractivity contribution is 6.18. The second-order valence-corrected chi connectivity index (χ2v) is 14.1. The van der Waals surface area contributed by atoms with Gasteiger partial charge in [-0.3, -0.25) is 0 Å². The Morgan fingerprint density at radius 2 is 0.946 bits per heavy atom. The molecule has 3 heterocycles. The van der Waals surface area contributed by atoms with E-state index in [-0.39, 0.29) is 0 Å². The van der Waals surface area contributed by atoms with E-state index in [9.17, 15) is 0 Å². The Balaban J connectivity index is 1.22. The van der Waals surface area contributed by atoms with Gasteiger partial charge in [0.15, 0.2) is 11.4 Å². The minimum absolute atomic E-state index is 0.680. The summed E-state index contributed by atoms with van der Waals surface area (Å²) in [7, 11) is 0. The Bertz CT molecular complexity index is 3160. The van der Waals surface area contributed by atoms with Gasteiger partial charge >= 0.3 is 0 Å². The quantitative estimate of drug-likeness (QED) is 0.172. The molecule has 0 atom stereocenters. The van der Waals surface area contributed by atoms with Crippen LogP contribution in [0.2, 0.25) is 0 Å². The van der Waals surface area contributed by atoms with E-state index in [0.29, 0.717) is 5.82 Å². The molecule has 0 saturated carbocycles. The average molecular weight is 716 g/mol. The van der Waals surface area contributed by atoms with Crippen LogP contribution in [-0.4, -0.2) is 14.5 Å². The van der Waals surface area contributed by atoms with Crippen LogP contribution in [0.15, 0.2) is 205 Å². The van der Waals surface area contributed by atoms with E-state index in [1.807, 2.05) is 30.3 Å². The van der Waals surface area contributed by atoms with Crippen molar-refractivity contribution in [2.24, 2.45) is 0 Å². The average Bonchev–Trinajstić information content (AvgIpc) is 3.83. The fourth-order valence-electron chi connectivity index (χ4n) is 8.30. The summed E-state index contributed by atoms with van der Waals surface area (Å²) in [6.07, 6.45) is 0. The monoisotopic (exact) mass is 715 g/mol. The third-order valence-electron chi connectivity index (χ3n) is 10.8. The van der Waals surface area contributed by atoms with E-state index >= 15 is 0 Å². The molecule has 0 unspecified atom stereocenters. The zero-order chi connectivity index (χ0) is 37.0. The van der Waals surface area contributed by atoms with Crippen molar-refractivity contribution in [3.8, 4) is 61.8 Å². The molecule has 0 spiro atoms. The Morgan fingerprint density at radius 1 is 0.393 bits per heavy atom. The number of rotatable bonds is 6. The van der Waals surface area contributed by atoms with E-state index in [0.717, 1.165) is 77.9 Å². The van der Waals surface area contributed by atoms with E-state index in [1.54, 1.807) is 0 Å². The van der Waals surface area contributed by atoms with Crippen molar-refractivity contribution in [3.05, 3.63) is 200 Å². The largest absolute Gasteiger partial charge is 0.454 e. The number of aromatic nitrogens is 3. The maximum atomic E-state index is 7.00. The molecule has 4 heteroatoms. The topological polar surface area (TPSA) is 43.9 Å². The fourth-order valence-corrected chi connectivity index (χ4v) is 8.30. The molecule has 0 bridgehead atoms. The highest BCUT2D eigenvalue weighted by atomic mass is 16.3. The van der Waals surface area contributed by atoms with Gasteiger partial charge in [0.1, 0.15) is 5.58 Å². The van der Waals surface area contributed by atoms with Gasteiger partial charge in [0.05, 0.1) is 28.1 Å². The SMILES string of the molecule is c1ccc(-c2ccc3c4ccccc4n(-c4cccc5c4oc4cccc(-c6c(-c7ccccc7)nc(-c7ccccc7)nc6-c6ccccc6)c45)c3c2)cc1. The van der Waals surface area contributed by atoms with Crippen LogP contribution < -0.4 is 0 Å². The maximum absolute atomic E-state index is 7.00. The number of fused-ring (bicyclic) bond motifs is 6. The van der Waals surface area contributed by atoms with E-state index < -0.39 is 0 Å². The van der Waals surface area contributed by atoms with Gasteiger partial charge in [-0.25, -0.2) is 9.97 Å². The molecule has 0 saturated heterocycles. The van der Waals surface area contributed by atoms with Crippen LogP contribution >= 0.6 is 0 Å². The van der Waals surface area contributed by atoms with E-state index in [4.69, 9.17) is 14.4 Å². The van der Waals surface area contributed by atoms with Gasteiger partial charge in [0.25, 0.3) is 0 Å². The summed E-state index contributed by atoms with van der Waals surface area (Å²) in [4.78, 5) is 10.7. The first-order chi connectivity index (χ1) is 27.8. The normalized spacial score (nSPS) is 11.6. The first kappa shape index (κ1) is 31.9. The second kappa shape index (κ2) is 13.1. The van der Waals surface area contributed by atoms with Crippen molar-refractivity contribution >= 4 is 43.7 Å². The highest BCUT2D eigenvalue weighted by Gasteiger charge is 2.25. The summed E-state index contributed by atoms with van der Waals surface area (Å²) < 4.78 is 9.37. The molecule has 0 aliphatic rings. The van der Waals surface area contributed by atoms with Gasteiger partial charge in [-0.05, 0) is 41.0 Å². The molecule has 0 N–H and O–H groups in total. The number of hydrogen-bond acceptors (Lipinski definition) is 3. The highest BCUT2D eigenvalue weighted by Crippen LogP contribution is 2.46. The number of para-hydroxylation sites is 2. The minimum Gasteiger partial charge on any atom is -0.454 e. The zero-order valence-electron chi connectivity index (χ0n) is 30.3. The minimum atomic E-state index is 0.680. The number of nitrogens with zero attached hydrogens (tertiary/aromatic N) is 3. The van der Waals surface area contributed by atoms with Crippen LogP contribution in [0.3, 0.4) is 0 Å². The standard InChI is InChI=1S/C52H33N3O/c1-5-17-34(18-6-1)38-31-32-40-39-25-13-14-28-43(39)55(45(40)33-38)44-29-15-27-42-47-41(26-16-30-46(47)56-51(42)44)48-49(35-19-7-2-8-20-35)53-52(37-23-11-4-12-24-37)54-50(48)36-21-9-3-10-22-36/h1-33H. The smallest absolute Gasteiger partial charge is 0.160 e. The molecular formula is C52H33N3O. The summed E-state index contributed by atoms with van der Waals surface area (Å²) in [5.74, 6) is 0.680. The van der Waals surface area contributed by atoms with E-state index in [1.165, 1.54) is 21.9 Å². The maximum Gasteiger partial charge on any atom is 0.160 e. The van der Waals surface area contributed by atoms with Crippen LogP contribution in [-0.2, 0) is 0 Å². The van der Waals surface area contributed by atoms with Gasteiger partial charge in [-0.15, -0.1) is 0 Å². The lowest BCUT2D eigenvalue weighted by molar-refractivity contribution is 0.666. The molecule has 0 aliphatic heterocycles. The molecule has 11 rings (SSSR count). The second-order valence-electron chi connectivity index (χ2n) is 14.1. The van der Waals surface area contributed by atoms with Gasteiger partial charge < -0.3 is 8.98 Å². The third-order valence-corrected chi connectivity index (χ3v) is 10.8. The molecule has 11 aromatic rings. The lowest BCUT2D eigenvalue weighted by Crippen LogP contribution is -2.01. The lowest BCUT2D eigenvalue weighted by Gasteiger charge is -2.17. The van der Waals surface area contributed by atoms with Crippen LogP contribution in [0.5, 0.6) is 0 Å². The van der Waals surface area contributed by atoms with Crippen LogP contribution in [0.1, 0.15) is 0 Å². The molecule has 4 nitrogen and oxygen atoms in total. The van der Waals surface area contributed by atoms with E-state index in [2.05, 4.69) is 174 Å².